The molecule has 1 aromatic heterocycles. The van der Waals surface area contributed by atoms with Crippen LogP contribution in [-0.4, -0.2) is 75.5 Å². The Morgan fingerprint density at radius 2 is 1.82 bits per heavy atom. The summed E-state index contributed by atoms with van der Waals surface area (Å²) in [5.74, 6) is 0.930. The van der Waals surface area contributed by atoms with Gasteiger partial charge in [-0.1, -0.05) is 12.1 Å². The molecule has 0 bridgehead atoms. The SMILES string of the molecule is COc1ccc(NC(=O)CN2CCN(S(=O)(=O)c3cccc4cc(C)cnc34)CC2)c(OC)c1. The Balaban J connectivity index is 1.39. The molecular weight excluding hydrogens is 456 g/mol. The molecule has 0 spiro atoms. The third kappa shape index (κ3) is 4.98. The second kappa shape index (κ2) is 9.96. The number of hydrogen-bond donors (Lipinski definition) is 1. The molecule has 4 rings (SSSR count). The first-order valence-electron chi connectivity index (χ1n) is 10.9. The van der Waals surface area contributed by atoms with E-state index >= 15 is 0 Å². The highest BCUT2D eigenvalue weighted by molar-refractivity contribution is 7.89. The Hall–Kier alpha value is -3.21. The number of benzene rings is 2. The molecule has 1 saturated heterocycles. The van der Waals surface area contributed by atoms with Gasteiger partial charge in [0.15, 0.2) is 0 Å². The van der Waals surface area contributed by atoms with E-state index in [1.165, 1.54) is 11.4 Å². The number of amides is 1. The molecule has 1 aliphatic heterocycles. The number of carbonyl (C=O) groups excluding carboxylic acids is 1. The molecule has 2 aromatic carbocycles. The van der Waals surface area contributed by atoms with E-state index in [2.05, 4.69) is 10.3 Å². The fourth-order valence-corrected chi connectivity index (χ4v) is 5.60. The van der Waals surface area contributed by atoms with Crippen LogP contribution in [0.3, 0.4) is 0 Å². The average Bonchev–Trinajstić information content (AvgIpc) is 2.84. The number of aromatic nitrogens is 1. The van der Waals surface area contributed by atoms with Crippen molar-refractivity contribution >= 4 is 32.5 Å². The van der Waals surface area contributed by atoms with E-state index in [-0.39, 0.29) is 17.3 Å². The van der Waals surface area contributed by atoms with Gasteiger partial charge in [0.25, 0.3) is 0 Å². The number of piperazine rings is 1. The van der Waals surface area contributed by atoms with E-state index in [0.717, 1.165) is 10.9 Å². The van der Waals surface area contributed by atoms with Crippen molar-refractivity contribution in [2.75, 3.05) is 52.3 Å². The molecule has 3 aromatic rings. The van der Waals surface area contributed by atoms with E-state index in [1.54, 1.807) is 43.6 Å². The van der Waals surface area contributed by atoms with Crippen molar-refractivity contribution in [2.24, 2.45) is 0 Å². The minimum absolute atomic E-state index is 0.151. The molecule has 0 unspecified atom stereocenters. The zero-order valence-electron chi connectivity index (χ0n) is 19.4. The second-order valence-electron chi connectivity index (χ2n) is 8.14. The Labute approximate surface area is 199 Å². The lowest BCUT2D eigenvalue weighted by Gasteiger charge is -2.33. The van der Waals surface area contributed by atoms with Gasteiger partial charge >= 0.3 is 0 Å². The topological polar surface area (TPSA) is 101 Å². The summed E-state index contributed by atoms with van der Waals surface area (Å²) in [5, 5.41) is 3.65. The van der Waals surface area contributed by atoms with Crippen LogP contribution in [0.25, 0.3) is 10.9 Å². The monoisotopic (exact) mass is 484 g/mol. The molecule has 34 heavy (non-hydrogen) atoms. The van der Waals surface area contributed by atoms with Crippen molar-refractivity contribution in [1.29, 1.82) is 0 Å². The standard InChI is InChI=1S/C24H28N4O5S/c1-17-13-18-5-4-6-22(24(18)25-15-17)34(30,31)28-11-9-27(10-12-28)16-23(29)26-20-8-7-19(32-2)14-21(20)33-3/h4-8,13-15H,9-12,16H2,1-3H3,(H,26,29). The number of ether oxygens (including phenoxy) is 2. The lowest BCUT2D eigenvalue weighted by Crippen LogP contribution is -2.50. The molecule has 2 heterocycles. The summed E-state index contributed by atoms with van der Waals surface area (Å²) in [4.78, 5) is 19.1. The van der Waals surface area contributed by atoms with Crippen LogP contribution < -0.4 is 14.8 Å². The number of sulfonamides is 1. The zero-order chi connectivity index (χ0) is 24.3. The van der Waals surface area contributed by atoms with E-state index in [4.69, 9.17) is 9.47 Å². The molecule has 1 N–H and O–H groups in total. The van der Waals surface area contributed by atoms with E-state index in [1.807, 2.05) is 24.0 Å². The average molecular weight is 485 g/mol. The minimum Gasteiger partial charge on any atom is -0.497 e. The first-order valence-corrected chi connectivity index (χ1v) is 12.4. The van der Waals surface area contributed by atoms with Crippen LogP contribution in [0.4, 0.5) is 5.69 Å². The van der Waals surface area contributed by atoms with Gasteiger partial charge in [0.2, 0.25) is 15.9 Å². The zero-order valence-corrected chi connectivity index (χ0v) is 20.3. The number of carbonyl (C=O) groups is 1. The van der Waals surface area contributed by atoms with Gasteiger partial charge in [-0.05, 0) is 36.8 Å². The number of methoxy groups -OCH3 is 2. The number of rotatable bonds is 7. The van der Waals surface area contributed by atoms with Crippen LogP contribution >= 0.6 is 0 Å². The smallest absolute Gasteiger partial charge is 0.245 e. The van der Waals surface area contributed by atoms with Crippen molar-refractivity contribution < 1.29 is 22.7 Å². The lowest BCUT2D eigenvalue weighted by molar-refractivity contribution is -0.117. The van der Waals surface area contributed by atoms with Gasteiger partial charge in [0, 0.05) is 43.8 Å². The Bertz CT molecular complexity index is 1300. The normalized spacial score (nSPS) is 15.3. The number of fused-ring (bicyclic) bond motifs is 1. The molecule has 0 radical (unpaired) electrons. The molecule has 0 aliphatic carbocycles. The first kappa shape index (κ1) is 23.9. The molecule has 1 amide bonds. The molecule has 1 aliphatic rings. The molecule has 0 saturated carbocycles. The van der Waals surface area contributed by atoms with Gasteiger partial charge in [-0.15, -0.1) is 0 Å². The number of anilines is 1. The Kier molecular flexibility index (Phi) is 7.01. The minimum atomic E-state index is -3.70. The van der Waals surface area contributed by atoms with Crippen LogP contribution in [0.15, 0.2) is 53.6 Å². The number of para-hydroxylation sites is 1. The first-order chi connectivity index (χ1) is 16.3. The summed E-state index contributed by atoms with van der Waals surface area (Å²) >= 11 is 0. The van der Waals surface area contributed by atoms with E-state index in [0.29, 0.717) is 48.9 Å². The maximum absolute atomic E-state index is 13.3. The fraction of sp³-hybridized carbons (Fsp3) is 0.333. The molecule has 180 valence electrons. The molecular formula is C24H28N4O5S. The fourth-order valence-electron chi connectivity index (χ4n) is 4.01. The molecule has 10 heteroatoms. The number of hydrogen-bond acceptors (Lipinski definition) is 7. The van der Waals surface area contributed by atoms with Crippen molar-refractivity contribution in [3.63, 3.8) is 0 Å². The summed E-state index contributed by atoms with van der Waals surface area (Å²) in [6, 6.07) is 12.3. The van der Waals surface area contributed by atoms with Gasteiger partial charge in [0.1, 0.15) is 16.4 Å². The Morgan fingerprint density at radius 3 is 2.53 bits per heavy atom. The highest BCUT2D eigenvalue weighted by Crippen LogP contribution is 2.29. The van der Waals surface area contributed by atoms with Gasteiger partial charge in [-0.3, -0.25) is 14.7 Å². The van der Waals surface area contributed by atoms with Gasteiger partial charge in [-0.25, -0.2) is 8.42 Å². The van der Waals surface area contributed by atoms with Gasteiger partial charge in [-0.2, -0.15) is 4.31 Å². The van der Waals surface area contributed by atoms with Crippen molar-refractivity contribution in [1.82, 2.24) is 14.2 Å². The van der Waals surface area contributed by atoms with Crippen molar-refractivity contribution in [2.45, 2.75) is 11.8 Å². The summed E-state index contributed by atoms with van der Waals surface area (Å²) in [7, 11) is -0.618. The predicted molar refractivity (Wildman–Crippen MR) is 130 cm³/mol. The molecule has 1 fully saturated rings. The summed E-state index contributed by atoms with van der Waals surface area (Å²) in [6.07, 6.45) is 1.68. The lowest BCUT2D eigenvalue weighted by atomic mass is 10.2. The molecule has 9 nitrogen and oxygen atoms in total. The molecule has 0 atom stereocenters. The van der Waals surface area contributed by atoms with Gasteiger partial charge in [0.05, 0.1) is 32.0 Å². The Morgan fingerprint density at radius 1 is 1.06 bits per heavy atom. The predicted octanol–water partition coefficient (Wildman–Crippen LogP) is 2.51. The maximum Gasteiger partial charge on any atom is 0.245 e. The number of aryl methyl sites for hydroxylation is 1. The van der Waals surface area contributed by atoms with Gasteiger partial charge < -0.3 is 14.8 Å². The third-order valence-corrected chi connectivity index (χ3v) is 7.74. The number of nitrogens with one attached hydrogen (secondary N) is 1. The van der Waals surface area contributed by atoms with Crippen LogP contribution in [-0.2, 0) is 14.8 Å². The van der Waals surface area contributed by atoms with Crippen LogP contribution in [0.2, 0.25) is 0 Å². The largest absolute Gasteiger partial charge is 0.497 e. The third-order valence-electron chi connectivity index (χ3n) is 5.81. The highest BCUT2D eigenvalue weighted by Gasteiger charge is 2.30. The van der Waals surface area contributed by atoms with Crippen LogP contribution in [0.1, 0.15) is 5.56 Å². The highest BCUT2D eigenvalue weighted by atomic mass is 32.2. The van der Waals surface area contributed by atoms with Crippen LogP contribution in [0, 0.1) is 6.92 Å². The second-order valence-corrected chi connectivity index (χ2v) is 10.0. The summed E-state index contributed by atoms with van der Waals surface area (Å²) in [5.41, 5.74) is 2.00. The number of nitrogens with zero attached hydrogens (tertiary/aromatic N) is 3. The van der Waals surface area contributed by atoms with E-state index in [9.17, 15) is 13.2 Å². The van der Waals surface area contributed by atoms with Crippen molar-refractivity contribution in [3.05, 3.63) is 54.2 Å². The maximum atomic E-state index is 13.3. The van der Waals surface area contributed by atoms with Crippen molar-refractivity contribution in [3.8, 4) is 11.5 Å². The summed E-state index contributed by atoms with van der Waals surface area (Å²) in [6.45, 7) is 3.56. The number of pyridine rings is 1. The quantitative estimate of drug-likeness (QED) is 0.550. The summed E-state index contributed by atoms with van der Waals surface area (Å²) < 4.78 is 38.6. The van der Waals surface area contributed by atoms with Crippen LogP contribution in [0.5, 0.6) is 11.5 Å². The van der Waals surface area contributed by atoms with E-state index < -0.39 is 10.0 Å².